The van der Waals surface area contributed by atoms with Crippen LogP contribution in [0.3, 0.4) is 0 Å². The van der Waals surface area contributed by atoms with Crippen molar-refractivity contribution in [2.75, 3.05) is 14.1 Å². The van der Waals surface area contributed by atoms with E-state index in [0.29, 0.717) is 12.0 Å². The molecule has 1 unspecified atom stereocenters. The lowest BCUT2D eigenvalue weighted by Crippen LogP contribution is -2.39. The molecule has 2 aliphatic rings. The highest BCUT2D eigenvalue weighted by molar-refractivity contribution is 5.64. The summed E-state index contributed by atoms with van der Waals surface area (Å²) >= 11 is 0. The Labute approximate surface area is 159 Å². The van der Waals surface area contributed by atoms with Gasteiger partial charge in [0.05, 0.1) is 0 Å². The van der Waals surface area contributed by atoms with E-state index in [1.165, 1.54) is 44.1 Å². The summed E-state index contributed by atoms with van der Waals surface area (Å²) in [6.07, 6.45) is 12.1. The van der Waals surface area contributed by atoms with Crippen molar-refractivity contribution < 1.29 is 9.90 Å². The van der Waals surface area contributed by atoms with E-state index in [1.807, 2.05) is 6.07 Å². The lowest BCUT2D eigenvalue weighted by atomic mass is 9.79. The molecule has 4 nitrogen and oxygen atoms in total. The Hall–Kier alpha value is -1.55. The minimum atomic E-state index is -0.902. The molecule has 1 aromatic rings. The molecule has 0 saturated heterocycles. The third-order valence-corrected chi connectivity index (χ3v) is 5.74. The quantitative estimate of drug-likeness (QED) is 0.750. The zero-order chi connectivity index (χ0) is 18.8. The Morgan fingerprint density at radius 3 is 1.88 bits per heavy atom. The lowest BCUT2D eigenvalue weighted by Gasteiger charge is -2.37. The Morgan fingerprint density at radius 1 is 0.962 bits per heavy atom. The van der Waals surface area contributed by atoms with Gasteiger partial charge < -0.3 is 15.3 Å². The van der Waals surface area contributed by atoms with Gasteiger partial charge >= 0.3 is 6.09 Å². The molecule has 0 aromatic heterocycles. The molecule has 26 heavy (non-hydrogen) atoms. The smallest absolute Gasteiger partial charge is 0.404 e. The van der Waals surface area contributed by atoms with Crippen molar-refractivity contribution in [1.29, 1.82) is 0 Å². The van der Waals surface area contributed by atoms with E-state index in [2.05, 4.69) is 48.6 Å². The van der Waals surface area contributed by atoms with E-state index in [0.717, 1.165) is 25.7 Å². The summed E-state index contributed by atoms with van der Waals surface area (Å²) in [6, 6.07) is 11.1. The Bertz CT molecular complexity index is 495. The first-order chi connectivity index (χ1) is 12.6. The zero-order valence-electron chi connectivity index (χ0n) is 16.5. The predicted molar refractivity (Wildman–Crippen MR) is 107 cm³/mol. The molecule has 1 amide bonds. The number of carbonyl (C=O) groups is 1. The van der Waals surface area contributed by atoms with E-state index >= 15 is 0 Å². The van der Waals surface area contributed by atoms with Crippen LogP contribution in [0.1, 0.15) is 75.8 Å². The first-order valence-electron chi connectivity index (χ1n) is 10.3. The highest BCUT2D eigenvalue weighted by Gasteiger charge is 2.30. The normalized spacial score (nSPS) is 24.3. The fourth-order valence-electron chi connectivity index (χ4n) is 4.46. The highest BCUT2D eigenvalue weighted by Crippen LogP contribution is 2.37. The number of nitrogens with zero attached hydrogens (tertiary/aromatic N) is 1. The van der Waals surface area contributed by atoms with E-state index in [1.54, 1.807) is 0 Å². The van der Waals surface area contributed by atoms with Crippen LogP contribution < -0.4 is 5.32 Å². The molecule has 2 aliphatic carbocycles. The average Bonchev–Trinajstić information content (AvgIpc) is 2.65. The van der Waals surface area contributed by atoms with Crippen molar-refractivity contribution in [2.45, 2.75) is 76.3 Å². The average molecular weight is 361 g/mol. The monoisotopic (exact) mass is 360 g/mol. The molecule has 1 aromatic carbocycles. The van der Waals surface area contributed by atoms with Crippen LogP contribution in [0.2, 0.25) is 0 Å². The largest absolute Gasteiger partial charge is 0.465 e. The zero-order valence-corrected chi connectivity index (χ0v) is 16.5. The van der Waals surface area contributed by atoms with E-state index in [9.17, 15) is 4.79 Å². The highest BCUT2D eigenvalue weighted by atomic mass is 16.4. The molecule has 0 bridgehead atoms. The number of rotatable bonds is 4. The van der Waals surface area contributed by atoms with E-state index in [-0.39, 0.29) is 6.04 Å². The number of hydrogen-bond donors (Lipinski definition) is 2. The van der Waals surface area contributed by atoms with Crippen molar-refractivity contribution in [3.8, 4) is 0 Å². The number of nitrogens with one attached hydrogen (secondary N) is 1. The first kappa shape index (κ1) is 20.8. The van der Waals surface area contributed by atoms with Gasteiger partial charge in [-0.1, -0.05) is 68.9 Å². The van der Waals surface area contributed by atoms with E-state index < -0.39 is 6.09 Å². The topological polar surface area (TPSA) is 52.6 Å². The van der Waals surface area contributed by atoms with Crippen LogP contribution >= 0.6 is 0 Å². The van der Waals surface area contributed by atoms with Gasteiger partial charge in [-0.15, -0.1) is 0 Å². The van der Waals surface area contributed by atoms with Crippen LogP contribution in [0.4, 0.5) is 4.79 Å². The SMILES string of the molecule is C1CCCCC1.CN(C)C(c1ccccc1)C1CCC(NC(=O)O)CC1. The standard InChI is InChI=1S/C16H24N2O2.C6H12/c1-18(2)15(12-6-4-3-5-7-12)13-8-10-14(11-9-13)17-16(19)20;1-2-4-6-5-3-1/h3-7,13-15,17H,8-11H2,1-2H3,(H,19,20);1-6H2. The minimum Gasteiger partial charge on any atom is -0.465 e. The Morgan fingerprint density at radius 2 is 1.46 bits per heavy atom. The van der Waals surface area contributed by atoms with Crippen molar-refractivity contribution in [3.63, 3.8) is 0 Å². The van der Waals surface area contributed by atoms with Gasteiger partial charge in [0, 0.05) is 12.1 Å². The third-order valence-electron chi connectivity index (χ3n) is 5.74. The van der Waals surface area contributed by atoms with Gasteiger partial charge in [0.2, 0.25) is 0 Å². The van der Waals surface area contributed by atoms with Crippen molar-refractivity contribution in [3.05, 3.63) is 35.9 Å². The van der Waals surface area contributed by atoms with Gasteiger partial charge in [-0.05, 0) is 51.3 Å². The maximum Gasteiger partial charge on any atom is 0.404 e. The number of hydrogen-bond acceptors (Lipinski definition) is 2. The summed E-state index contributed by atoms with van der Waals surface area (Å²) in [5.74, 6) is 0.597. The molecule has 0 aliphatic heterocycles. The second-order valence-corrected chi connectivity index (χ2v) is 8.00. The molecule has 2 saturated carbocycles. The fourth-order valence-corrected chi connectivity index (χ4v) is 4.46. The molecule has 0 spiro atoms. The van der Waals surface area contributed by atoms with Crippen LogP contribution in [0.25, 0.3) is 0 Å². The van der Waals surface area contributed by atoms with Crippen LogP contribution in [0.5, 0.6) is 0 Å². The summed E-state index contributed by atoms with van der Waals surface area (Å²) in [4.78, 5) is 13.0. The van der Waals surface area contributed by atoms with Crippen LogP contribution in [0, 0.1) is 5.92 Å². The fraction of sp³-hybridized carbons (Fsp3) is 0.682. The van der Waals surface area contributed by atoms with Gasteiger partial charge in [-0.3, -0.25) is 0 Å². The molecule has 146 valence electrons. The second-order valence-electron chi connectivity index (χ2n) is 8.00. The Balaban J connectivity index is 0.000000342. The summed E-state index contributed by atoms with van der Waals surface area (Å²) in [5.41, 5.74) is 1.35. The van der Waals surface area contributed by atoms with Crippen molar-refractivity contribution in [2.24, 2.45) is 5.92 Å². The van der Waals surface area contributed by atoms with Crippen LogP contribution in [0.15, 0.2) is 30.3 Å². The number of carboxylic acid groups (broad SMARTS) is 1. The molecule has 4 heteroatoms. The molecule has 0 radical (unpaired) electrons. The molecule has 2 N–H and O–H groups in total. The second kappa shape index (κ2) is 11.2. The van der Waals surface area contributed by atoms with E-state index in [4.69, 9.17) is 5.11 Å². The van der Waals surface area contributed by atoms with Crippen molar-refractivity contribution in [1.82, 2.24) is 10.2 Å². The summed E-state index contributed by atoms with van der Waals surface area (Å²) in [7, 11) is 4.25. The Kier molecular flexibility index (Phi) is 8.96. The maximum atomic E-state index is 10.7. The van der Waals surface area contributed by atoms with Gasteiger partial charge in [-0.2, -0.15) is 0 Å². The summed E-state index contributed by atoms with van der Waals surface area (Å²) in [5, 5.41) is 11.4. The molecule has 1 atom stereocenters. The molecular weight excluding hydrogens is 324 g/mol. The van der Waals surface area contributed by atoms with Crippen LogP contribution in [-0.4, -0.2) is 36.2 Å². The summed E-state index contributed by atoms with van der Waals surface area (Å²) < 4.78 is 0. The van der Waals surface area contributed by atoms with Gasteiger partial charge in [0.15, 0.2) is 0 Å². The molecule has 2 fully saturated rings. The third kappa shape index (κ3) is 6.99. The summed E-state index contributed by atoms with van der Waals surface area (Å²) in [6.45, 7) is 0. The number of amides is 1. The molecular formula is C22H36N2O2. The molecule has 3 rings (SSSR count). The van der Waals surface area contributed by atoms with Gasteiger partial charge in [0.25, 0.3) is 0 Å². The molecule has 0 heterocycles. The predicted octanol–water partition coefficient (Wildman–Crippen LogP) is 5.46. The van der Waals surface area contributed by atoms with Crippen molar-refractivity contribution >= 4 is 6.09 Å². The maximum absolute atomic E-state index is 10.7. The minimum absolute atomic E-state index is 0.127. The number of benzene rings is 1. The first-order valence-corrected chi connectivity index (χ1v) is 10.3. The van der Waals surface area contributed by atoms with Gasteiger partial charge in [0.1, 0.15) is 0 Å². The van der Waals surface area contributed by atoms with Crippen LogP contribution in [-0.2, 0) is 0 Å². The van der Waals surface area contributed by atoms with Gasteiger partial charge in [-0.25, -0.2) is 4.79 Å². The lowest BCUT2D eigenvalue weighted by molar-refractivity contribution is 0.149.